The van der Waals surface area contributed by atoms with Gasteiger partial charge in [-0.05, 0) is 32.6 Å². The van der Waals surface area contributed by atoms with Gasteiger partial charge >= 0.3 is 0 Å². The second-order valence-corrected chi connectivity index (χ2v) is 4.29. The fourth-order valence-corrected chi connectivity index (χ4v) is 2.20. The highest BCUT2D eigenvalue weighted by atomic mass is 14.9. The first-order valence-electron chi connectivity index (χ1n) is 5.18. The highest BCUT2D eigenvalue weighted by Gasteiger charge is 2.24. The molecule has 1 N–H and O–H groups in total. The lowest BCUT2D eigenvalue weighted by atomic mass is 9.93. The second-order valence-electron chi connectivity index (χ2n) is 4.29. The first-order valence-corrected chi connectivity index (χ1v) is 5.18. The minimum absolute atomic E-state index is 0.458. The van der Waals surface area contributed by atoms with Crippen molar-refractivity contribution in [3.05, 3.63) is 24.4 Å². The van der Waals surface area contributed by atoms with Gasteiger partial charge in [0, 0.05) is 11.7 Å². The summed E-state index contributed by atoms with van der Waals surface area (Å²) in [4.78, 5) is 0. The van der Waals surface area contributed by atoms with Crippen LogP contribution in [0.2, 0.25) is 0 Å². The maximum Gasteiger partial charge on any atom is 0.0493 e. The molecule has 1 rings (SSSR count). The van der Waals surface area contributed by atoms with Gasteiger partial charge in [0.25, 0.3) is 0 Å². The molecule has 0 amide bonds. The monoisotopic (exact) mass is 179 g/mol. The molecule has 0 aromatic rings. The average molecular weight is 179 g/mol. The Morgan fingerprint density at radius 3 is 2.15 bits per heavy atom. The first kappa shape index (κ1) is 10.4. The third kappa shape index (κ3) is 2.91. The SMILES string of the molecule is C=C(C)NC(C(=C)C)C1CCCC1. The van der Waals surface area contributed by atoms with E-state index in [1.54, 1.807) is 0 Å². The van der Waals surface area contributed by atoms with Gasteiger partial charge in [0.1, 0.15) is 0 Å². The van der Waals surface area contributed by atoms with Crippen molar-refractivity contribution in [2.75, 3.05) is 0 Å². The summed E-state index contributed by atoms with van der Waals surface area (Å²) in [5.41, 5.74) is 2.30. The largest absolute Gasteiger partial charge is 0.382 e. The van der Waals surface area contributed by atoms with E-state index >= 15 is 0 Å². The summed E-state index contributed by atoms with van der Waals surface area (Å²) in [7, 11) is 0. The lowest BCUT2D eigenvalue weighted by molar-refractivity contribution is 0.425. The lowest BCUT2D eigenvalue weighted by Crippen LogP contribution is -2.34. The molecule has 0 heterocycles. The van der Waals surface area contributed by atoms with Gasteiger partial charge < -0.3 is 5.32 Å². The summed E-state index contributed by atoms with van der Waals surface area (Å²) in [5.74, 6) is 0.786. The van der Waals surface area contributed by atoms with Crippen LogP contribution in [-0.4, -0.2) is 6.04 Å². The zero-order valence-electron chi connectivity index (χ0n) is 8.90. The molecule has 74 valence electrons. The summed E-state index contributed by atoms with van der Waals surface area (Å²) in [6.07, 6.45) is 5.45. The zero-order chi connectivity index (χ0) is 9.84. The minimum atomic E-state index is 0.458. The highest BCUT2D eigenvalue weighted by molar-refractivity contribution is 5.09. The smallest absolute Gasteiger partial charge is 0.0493 e. The van der Waals surface area contributed by atoms with Crippen molar-refractivity contribution in [3.63, 3.8) is 0 Å². The Kier molecular flexibility index (Phi) is 3.58. The quantitative estimate of drug-likeness (QED) is 0.653. The topological polar surface area (TPSA) is 12.0 Å². The molecule has 13 heavy (non-hydrogen) atoms. The van der Waals surface area contributed by atoms with Crippen molar-refractivity contribution in [1.29, 1.82) is 0 Å². The molecule has 1 nitrogen and oxygen atoms in total. The fraction of sp³-hybridized carbons (Fsp3) is 0.667. The summed E-state index contributed by atoms with van der Waals surface area (Å²) in [6.45, 7) is 12.1. The Balaban J connectivity index is 2.55. The summed E-state index contributed by atoms with van der Waals surface area (Å²) < 4.78 is 0. The minimum Gasteiger partial charge on any atom is -0.382 e. The second kappa shape index (κ2) is 4.50. The Labute approximate surface area is 81.9 Å². The van der Waals surface area contributed by atoms with Crippen LogP contribution < -0.4 is 5.32 Å². The van der Waals surface area contributed by atoms with Gasteiger partial charge in [0.2, 0.25) is 0 Å². The van der Waals surface area contributed by atoms with E-state index in [1.165, 1.54) is 31.3 Å². The van der Waals surface area contributed by atoms with Crippen LogP contribution in [0.1, 0.15) is 39.5 Å². The van der Waals surface area contributed by atoms with Crippen molar-refractivity contribution in [3.8, 4) is 0 Å². The molecule has 1 unspecified atom stereocenters. The van der Waals surface area contributed by atoms with Gasteiger partial charge in [-0.15, -0.1) is 0 Å². The summed E-state index contributed by atoms with van der Waals surface area (Å²) in [6, 6.07) is 0.458. The van der Waals surface area contributed by atoms with E-state index in [9.17, 15) is 0 Å². The van der Waals surface area contributed by atoms with E-state index in [4.69, 9.17) is 0 Å². The number of nitrogens with one attached hydrogen (secondary N) is 1. The van der Waals surface area contributed by atoms with Gasteiger partial charge in [-0.25, -0.2) is 0 Å². The molecule has 1 aliphatic rings. The van der Waals surface area contributed by atoms with Crippen molar-refractivity contribution >= 4 is 0 Å². The molecule has 0 aromatic carbocycles. The van der Waals surface area contributed by atoms with Crippen molar-refractivity contribution in [2.24, 2.45) is 5.92 Å². The number of allylic oxidation sites excluding steroid dienone is 1. The Hall–Kier alpha value is -0.720. The van der Waals surface area contributed by atoms with Crippen LogP contribution in [0, 0.1) is 5.92 Å². The molecular weight excluding hydrogens is 158 g/mol. The summed E-state index contributed by atoms with van der Waals surface area (Å²) >= 11 is 0. The molecule has 0 aliphatic heterocycles. The van der Waals surface area contributed by atoms with E-state index in [0.717, 1.165) is 11.6 Å². The Bertz CT molecular complexity index is 199. The maximum atomic E-state index is 4.05. The van der Waals surface area contributed by atoms with E-state index in [-0.39, 0.29) is 0 Å². The van der Waals surface area contributed by atoms with E-state index < -0.39 is 0 Å². The molecular formula is C12H21N. The third-order valence-corrected chi connectivity index (χ3v) is 2.80. The molecule has 1 aliphatic carbocycles. The van der Waals surface area contributed by atoms with Crippen LogP contribution >= 0.6 is 0 Å². The van der Waals surface area contributed by atoms with Crippen LogP contribution in [0.15, 0.2) is 24.4 Å². The van der Waals surface area contributed by atoms with Crippen molar-refractivity contribution in [1.82, 2.24) is 5.32 Å². The normalized spacial score (nSPS) is 19.8. The summed E-state index contributed by atoms with van der Waals surface area (Å²) in [5, 5.41) is 3.43. The first-order chi connectivity index (χ1) is 6.11. The molecule has 1 fully saturated rings. The molecule has 0 radical (unpaired) electrons. The Morgan fingerprint density at radius 1 is 1.23 bits per heavy atom. The van der Waals surface area contributed by atoms with E-state index in [0.29, 0.717) is 6.04 Å². The maximum absolute atomic E-state index is 4.05. The van der Waals surface area contributed by atoms with Gasteiger partial charge in [-0.1, -0.05) is 31.6 Å². The van der Waals surface area contributed by atoms with Crippen molar-refractivity contribution < 1.29 is 0 Å². The average Bonchev–Trinajstić information content (AvgIpc) is 2.50. The molecule has 0 bridgehead atoms. The van der Waals surface area contributed by atoms with Crippen LogP contribution in [0.25, 0.3) is 0 Å². The van der Waals surface area contributed by atoms with Gasteiger partial charge in [-0.2, -0.15) is 0 Å². The highest BCUT2D eigenvalue weighted by Crippen LogP contribution is 2.30. The van der Waals surface area contributed by atoms with Crippen LogP contribution in [0.3, 0.4) is 0 Å². The molecule has 0 aromatic heterocycles. The molecule has 1 atom stereocenters. The standard InChI is InChI=1S/C12H21N/c1-9(2)12(13-10(3)4)11-7-5-6-8-11/h11-13H,1,3,5-8H2,2,4H3. The number of rotatable bonds is 4. The van der Waals surface area contributed by atoms with Crippen LogP contribution in [-0.2, 0) is 0 Å². The predicted octanol–water partition coefficient (Wildman–Crippen LogP) is 3.24. The van der Waals surface area contributed by atoms with Gasteiger partial charge in [0.05, 0.1) is 0 Å². The fourth-order valence-electron chi connectivity index (χ4n) is 2.20. The molecule has 0 saturated heterocycles. The molecule has 0 spiro atoms. The third-order valence-electron chi connectivity index (χ3n) is 2.80. The van der Waals surface area contributed by atoms with E-state index in [2.05, 4.69) is 25.4 Å². The number of hydrogen-bond acceptors (Lipinski definition) is 1. The Morgan fingerprint density at radius 2 is 1.77 bits per heavy atom. The molecule has 1 heteroatoms. The predicted molar refractivity (Wildman–Crippen MR) is 58.5 cm³/mol. The number of hydrogen-bond donors (Lipinski definition) is 1. The van der Waals surface area contributed by atoms with Crippen molar-refractivity contribution in [2.45, 2.75) is 45.6 Å². The van der Waals surface area contributed by atoms with Gasteiger partial charge in [-0.3, -0.25) is 0 Å². The molecule has 1 saturated carbocycles. The van der Waals surface area contributed by atoms with Crippen LogP contribution in [0.5, 0.6) is 0 Å². The lowest BCUT2D eigenvalue weighted by Gasteiger charge is -2.26. The van der Waals surface area contributed by atoms with Crippen LogP contribution in [0.4, 0.5) is 0 Å². The zero-order valence-corrected chi connectivity index (χ0v) is 8.90. The van der Waals surface area contributed by atoms with Gasteiger partial charge in [0.15, 0.2) is 0 Å². The van der Waals surface area contributed by atoms with E-state index in [1.807, 2.05) is 6.92 Å².